The maximum Gasteiger partial charge on any atom is 0.251 e. The van der Waals surface area contributed by atoms with Crippen LogP contribution in [0.25, 0.3) is 0 Å². The Morgan fingerprint density at radius 2 is 1.95 bits per heavy atom. The molecule has 0 aliphatic heterocycles. The Kier molecular flexibility index (Phi) is 5.46. The van der Waals surface area contributed by atoms with E-state index in [1.165, 1.54) is 0 Å². The van der Waals surface area contributed by atoms with Gasteiger partial charge in [-0.25, -0.2) is 0 Å². The number of halogens is 1. The van der Waals surface area contributed by atoms with Crippen molar-refractivity contribution in [2.75, 3.05) is 18.9 Å². The van der Waals surface area contributed by atoms with Gasteiger partial charge >= 0.3 is 0 Å². The van der Waals surface area contributed by atoms with Crippen molar-refractivity contribution >= 4 is 23.2 Å². The maximum absolute atomic E-state index is 11.9. The Bertz CT molecular complexity index is 602. The summed E-state index contributed by atoms with van der Waals surface area (Å²) in [5.41, 5.74) is 6.56. The van der Waals surface area contributed by atoms with Gasteiger partial charge in [-0.15, -0.1) is 0 Å². The van der Waals surface area contributed by atoms with E-state index in [4.69, 9.17) is 22.1 Å². The van der Waals surface area contributed by atoms with Crippen molar-refractivity contribution in [2.24, 2.45) is 0 Å². The van der Waals surface area contributed by atoms with Crippen LogP contribution in [0.3, 0.4) is 0 Å². The molecule has 2 aromatic rings. The standard InChI is InChI=1S/C16H17ClN2O2/c17-14-11-12(7-8-15(14)18)16(20)19-9-4-10-21-13-5-2-1-3-6-13/h1-3,5-8,11H,4,9-10,18H2,(H,19,20). The summed E-state index contributed by atoms with van der Waals surface area (Å²) in [6, 6.07) is 14.4. The number of hydrogen-bond acceptors (Lipinski definition) is 3. The Labute approximate surface area is 128 Å². The Balaban J connectivity index is 1.71. The maximum atomic E-state index is 11.9. The number of nitrogens with two attached hydrogens (primary N) is 1. The first kappa shape index (κ1) is 15.2. The molecule has 1 amide bonds. The number of carbonyl (C=O) groups is 1. The zero-order chi connectivity index (χ0) is 15.1. The highest BCUT2D eigenvalue weighted by Crippen LogP contribution is 2.19. The van der Waals surface area contributed by atoms with Gasteiger partial charge in [0.05, 0.1) is 17.3 Å². The summed E-state index contributed by atoms with van der Waals surface area (Å²) >= 11 is 5.88. The zero-order valence-electron chi connectivity index (χ0n) is 11.5. The predicted octanol–water partition coefficient (Wildman–Crippen LogP) is 3.12. The zero-order valence-corrected chi connectivity index (χ0v) is 12.3. The molecule has 110 valence electrons. The number of nitrogens with one attached hydrogen (secondary N) is 1. The minimum absolute atomic E-state index is 0.170. The molecular weight excluding hydrogens is 288 g/mol. The third kappa shape index (κ3) is 4.68. The first-order chi connectivity index (χ1) is 10.2. The van der Waals surface area contributed by atoms with Crippen molar-refractivity contribution < 1.29 is 9.53 Å². The second-order valence-electron chi connectivity index (χ2n) is 4.51. The first-order valence-electron chi connectivity index (χ1n) is 6.68. The Morgan fingerprint density at radius 1 is 1.19 bits per heavy atom. The van der Waals surface area contributed by atoms with Gasteiger partial charge in [-0.05, 0) is 36.8 Å². The van der Waals surface area contributed by atoms with E-state index in [0.29, 0.717) is 29.4 Å². The fourth-order valence-electron chi connectivity index (χ4n) is 1.75. The van der Waals surface area contributed by atoms with Gasteiger partial charge < -0.3 is 15.8 Å². The number of carbonyl (C=O) groups excluding carboxylic acids is 1. The van der Waals surface area contributed by atoms with Crippen molar-refractivity contribution in [3.05, 3.63) is 59.1 Å². The minimum Gasteiger partial charge on any atom is -0.494 e. The van der Waals surface area contributed by atoms with Crippen LogP contribution in [0.1, 0.15) is 16.8 Å². The lowest BCUT2D eigenvalue weighted by molar-refractivity contribution is 0.0951. The second-order valence-corrected chi connectivity index (χ2v) is 4.91. The number of benzene rings is 2. The fourth-order valence-corrected chi connectivity index (χ4v) is 1.93. The lowest BCUT2D eigenvalue weighted by atomic mass is 10.2. The highest BCUT2D eigenvalue weighted by Gasteiger charge is 2.06. The van der Waals surface area contributed by atoms with Crippen molar-refractivity contribution in [1.29, 1.82) is 0 Å². The predicted molar refractivity (Wildman–Crippen MR) is 84.8 cm³/mol. The monoisotopic (exact) mass is 304 g/mol. The molecule has 0 bridgehead atoms. The normalized spacial score (nSPS) is 10.1. The SMILES string of the molecule is Nc1ccc(C(=O)NCCCOc2ccccc2)cc1Cl. The van der Waals surface area contributed by atoms with E-state index < -0.39 is 0 Å². The van der Waals surface area contributed by atoms with Gasteiger partial charge in [0.15, 0.2) is 0 Å². The number of nitrogen functional groups attached to an aromatic ring is 1. The van der Waals surface area contributed by atoms with E-state index in [2.05, 4.69) is 5.32 Å². The molecule has 0 aromatic heterocycles. The molecule has 0 spiro atoms. The van der Waals surface area contributed by atoms with Crippen LogP contribution in [0, 0.1) is 0 Å². The summed E-state index contributed by atoms with van der Waals surface area (Å²) < 4.78 is 5.54. The average molecular weight is 305 g/mol. The van der Waals surface area contributed by atoms with E-state index in [9.17, 15) is 4.79 Å². The molecule has 0 unspecified atom stereocenters. The van der Waals surface area contributed by atoms with E-state index in [1.54, 1.807) is 18.2 Å². The van der Waals surface area contributed by atoms with Crippen molar-refractivity contribution in [1.82, 2.24) is 5.32 Å². The van der Waals surface area contributed by atoms with Crippen LogP contribution in [-0.4, -0.2) is 19.1 Å². The lowest BCUT2D eigenvalue weighted by Crippen LogP contribution is -2.25. The van der Waals surface area contributed by atoms with Crippen LogP contribution >= 0.6 is 11.6 Å². The quantitative estimate of drug-likeness (QED) is 0.636. The molecule has 4 nitrogen and oxygen atoms in total. The van der Waals surface area contributed by atoms with Gasteiger partial charge in [-0.1, -0.05) is 29.8 Å². The summed E-state index contributed by atoms with van der Waals surface area (Å²) in [6.45, 7) is 1.08. The smallest absolute Gasteiger partial charge is 0.251 e. The second kappa shape index (κ2) is 7.55. The van der Waals surface area contributed by atoms with Crippen LogP contribution < -0.4 is 15.8 Å². The summed E-state index contributed by atoms with van der Waals surface area (Å²) in [6.07, 6.45) is 0.726. The molecule has 2 aromatic carbocycles. The largest absolute Gasteiger partial charge is 0.494 e. The van der Waals surface area contributed by atoms with Gasteiger partial charge in [-0.2, -0.15) is 0 Å². The van der Waals surface area contributed by atoms with Gasteiger partial charge in [0.1, 0.15) is 5.75 Å². The van der Waals surface area contributed by atoms with Crippen LogP contribution in [0.5, 0.6) is 5.75 Å². The molecule has 21 heavy (non-hydrogen) atoms. The Morgan fingerprint density at radius 3 is 2.67 bits per heavy atom. The summed E-state index contributed by atoms with van der Waals surface area (Å²) in [5, 5.41) is 3.20. The van der Waals surface area contributed by atoms with Gasteiger partial charge in [0, 0.05) is 12.1 Å². The van der Waals surface area contributed by atoms with E-state index >= 15 is 0 Å². The molecule has 0 saturated heterocycles. The Hall–Kier alpha value is -2.20. The average Bonchev–Trinajstić information content (AvgIpc) is 2.50. The highest BCUT2D eigenvalue weighted by atomic mass is 35.5. The number of anilines is 1. The van der Waals surface area contributed by atoms with Crippen molar-refractivity contribution in [3.8, 4) is 5.75 Å². The van der Waals surface area contributed by atoms with Gasteiger partial charge in [-0.3, -0.25) is 4.79 Å². The van der Waals surface area contributed by atoms with Crippen molar-refractivity contribution in [3.63, 3.8) is 0 Å². The molecule has 0 saturated carbocycles. The topological polar surface area (TPSA) is 64.4 Å². The van der Waals surface area contributed by atoms with E-state index in [1.807, 2.05) is 30.3 Å². The van der Waals surface area contributed by atoms with Crippen LogP contribution in [-0.2, 0) is 0 Å². The number of hydrogen-bond donors (Lipinski definition) is 2. The molecule has 0 aliphatic rings. The highest BCUT2D eigenvalue weighted by molar-refractivity contribution is 6.33. The molecule has 3 N–H and O–H groups in total. The molecule has 0 atom stereocenters. The third-order valence-corrected chi connectivity index (χ3v) is 3.21. The molecule has 0 radical (unpaired) electrons. The van der Waals surface area contributed by atoms with E-state index in [-0.39, 0.29) is 5.91 Å². The van der Waals surface area contributed by atoms with E-state index in [0.717, 1.165) is 12.2 Å². The molecule has 0 fully saturated rings. The first-order valence-corrected chi connectivity index (χ1v) is 7.05. The number of ether oxygens (including phenoxy) is 1. The minimum atomic E-state index is -0.170. The van der Waals surface area contributed by atoms with Gasteiger partial charge in [0.25, 0.3) is 5.91 Å². The summed E-state index contributed by atoms with van der Waals surface area (Å²) in [5.74, 6) is 0.658. The van der Waals surface area contributed by atoms with Gasteiger partial charge in [0.2, 0.25) is 0 Å². The number of para-hydroxylation sites is 1. The van der Waals surface area contributed by atoms with Crippen LogP contribution in [0.2, 0.25) is 5.02 Å². The summed E-state index contributed by atoms with van der Waals surface area (Å²) in [4.78, 5) is 11.9. The number of rotatable bonds is 6. The molecule has 0 heterocycles. The molecule has 2 rings (SSSR count). The lowest BCUT2D eigenvalue weighted by Gasteiger charge is -2.08. The summed E-state index contributed by atoms with van der Waals surface area (Å²) in [7, 11) is 0. The molecular formula is C16H17ClN2O2. The third-order valence-electron chi connectivity index (χ3n) is 2.88. The molecule has 0 aliphatic carbocycles. The van der Waals surface area contributed by atoms with Crippen LogP contribution in [0.15, 0.2) is 48.5 Å². The molecule has 5 heteroatoms. The van der Waals surface area contributed by atoms with Crippen molar-refractivity contribution in [2.45, 2.75) is 6.42 Å². The van der Waals surface area contributed by atoms with Crippen LogP contribution in [0.4, 0.5) is 5.69 Å². The number of amides is 1. The fraction of sp³-hybridized carbons (Fsp3) is 0.188.